The fraction of sp³-hybridized carbons (Fsp3) is 0. The Morgan fingerprint density at radius 2 is 0.821 bits per heavy atom. The molecule has 0 amide bonds. The van der Waals surface area contributed by atoms with Crippen LogP contribution < -0.4 is 26.2 Å². The summed E-state index contributed by atoms with van der Waals surface area (Å²) >= 11 is 1.85. The fourth-order valence-corrected chi connectivity index (χ4v) is 15.9. The van der Waals surface area contributed by atoms with Crippen LogP contribution in [-0.2, 0) is 0 Å². The van der Waals surface area contributed by atoms with Gasteiger partial charge in [0.1, 0.15) is 0 Å². The minimum Gasteiger partial charge on any atom is -0.311 e. The Kier molecular flexibility index (Phi) is 12.7. The van der Waals surface area contributed by atoms with Gasteiger partial charge in [-0.2, -0.15) is 0 Å². The number of rotatable bonds is 10. The molecule has 0 saturated heterocycles. The van der Waals surface area contributed by atoms with Gasteiger partial charge in [-0.3, -0.25) is 0 Å². The molecular formula is C85H53BN8S. The molecule has 19 rings (SSSR count). The number of nitrogens with zero attached hydrogens (tertiary/aromatic N) is 8. The molecule has 4 aromatic heterocycles. The van der Waals surface area contributed by atoms with E-state index in [-0.39, 0.29) is 6.71 Å². The molecule has 0 radical (unpaired) electrons. The number of thiophene rings is 1. The quantitative estimate of drug-likeness (QED) is 0.126. The molecule has 17 aromatic rings. The van der Waals surface area contributed by atoms with Gasteiger partial charge >= 0.3 is 0 Å². The number of anilines is 6. The zero-order valence-corrected chi connectivity index (χ0v) is 52.0. The Morgan fingerprint density at radius 3 is 1.53 bits per heavy atom. The molecule has 10 heteroatoms. The van der Waals surface area contributed by atoms with Gasteiger partial charge in [0, 0.05) is 98.3 Å². The first-order chi connectivity index (χ1) is 47.1. The third-order valence-corrected chi connectivity index (χ3v) is 20.0. The molecule has 442 valence electrons. The Balaban J connectivity index is 0.854. The summed E-state index contributed by atoms with van der Waals surface area (Å²) in [4.78, 5) is 32.3. The van der Waals surface area contributed by atoms with Crippen molar-refractivity contribution in [2.45, 2.75) is 0 Å². The molecule has 0 spiro atoms. The van der Waals surface area contributed by atoms with E-state index in [0.717, 1.165) is 101 Å². The van der Waals surface area contributed by atoms with Gasteiger partial charge in [0.05, 0.1) is 33.8 Å². The summed E-state index contributed by atoms with van der Waals surface area (Å²) in [5, 5.41) is 4.89. The van der Waals surface area contributed by atoms with Gasteiger partial charge in [-0.15, -0.1) is 11.3 Å². The molecule has 0 unspecified atom stereocenters. The molecule has 6 heterocycles. The van der Waals surface area contributed by atoms with Gasteiger partial charge in [-0.05, 0) is 107 Å². The number of para-hydroxylation sites is 5. The summed E-state index contributed by atoms with van der Waals surface area (Å²) in [6, 6.07) is 115. The van der Waals surface area contributed by atoms with Crippen molar-refractivity contribution in [2.24, 2.45) is 0 Å². The number of hydrogen-bond acceptors (Lipinski definition) is 8. The van der Waals surface area contributed by atoms with E-state index in [1.807, 2.05) is 53.8 Å². The molecule has 95 heavy (non-hydrogen) atoms. The van der Waals surface area contributed by atoms with Crippen molar-refractivity contribution >= 4 is 111 Å². The monoisotopic (exact) mass is 1230 g/mol. The van der Waals surface area contributed by atoms with Crippen LogP contribution in [0, 0.1) is 0 Å². The lowest BCUT2D eigenvalue weighted by atomic mass is 9.33. The van der Waals surface area contributed by atoms with E-state index in [1.54, 1.807) is 0 Å². The molecule has 0 aliphatic carbocycles. The highest BCUT2D eigenvalue weighted by Gasteiger charge is 2.44. The largest absolute Gasteiger partial charge is 0.311 e. The van der Waals surface area contributed by atoms with Crippen molar-refractivity contribution in [2.75, 3.05) is 9.80 Å². The standard InChI is InChI=1S/C85H53BN8S/c1-6-25-54(26-7-1)69-53-70(88-82(87-69)55-27-8-2-9-28-55)58-45-48-72(94-71-41-20-16-38-65(71)78-75(94)49-47-64-63-37-17-23-44-77(63)95-81(64)78)66(52-58)85-90-83(56-29-10-3-11-30-56)89-84(91-85)59-32-24-31-57(51-59)62-46-50-76-79-80(62)93(61-35-14-5-15-36-61)74-43-22-19-40-68(74)86(79)67-39-18-21-42-73(67)92(76)60-33-12-4-13-34-60/h1-53H. The average Bonchev–Trinajstić information content (AvgIpc) is 1.09. The van der Waals surface area contributed by atoms with Crippen molar-refractivity contribution in [1.82, 2.24) is 29.5 Å². The minimum atomic E-state index is -0.0531. The van der Waals surface area contributed by atoms with Crippen LogP contribution in [0.25, 0.3) is 127 Å². The van der Waals surface area contributed by atoms with E-state index >= 15 is 0 Å². The van der Waals surface area contributed by atoms with Crippen LogP contribution in [0.1, 0.15) is 0 Å². The second kappa shape index (κ2) is 22.2. The second-order valence-corrected chi connectivity index (χ2v) is 25.3. The van der Waals surface area contributed by atoms with Gasteiger partial charge in [0.2, 0.25) is 0 Å². The number of fused-ring (bicyclic) bond motifs is 11. The third-order valence-electron chi connectivity index (χ3n) is 18.8. The van der Waals surface area contributed by atoms with Gasteiger partial charge in [-0.25, -0.2) is 24.9 Å². The SMILES string of the molecule is c1ccc(-c2cc(-c3ccc(-n4c5ccccc5c5c6sc7ccccc7c6ccc54)c(-c4nc(-c5ccccc5)nc(-c5cccc(-c6ccc7c8c6N(c6ccccc6)c6ccccc6B8c6ccccc6N7c6ccccc6)c5)n4)c3)nc(-c3ccccc3)n2)cc1. The van der Waals surface area contributed by atoms with Crippen LogP contribution in [0.3, 0.4) is 0 Å². The Morgan fingerprint density at radius 1 is 0.295 bits per heavy atom. The van der Waals surface area contributed by atoms with Gasteiger partial charge in [0.25, 0.3) is 6.71 Å². The predicted molar refractivity (Wildman–Crippen MR) is 395 cm³/mol. The summed E-state index contributed by atoms with van der Waals surface area (Å²) in [5.74, 6) is 2.25. The van der Waals surface area contributed by atoms with Gasteiger partial charge in [0.15, 0.2) is 23.3 Å². The van der Waals surface area contributed by atoms with Gasteiger partial charge < -0.3 is 14.4 Å². The Hall–Kier alpha value is -12.4. The summed E-state index contributed by atoms with van der Waals surface area (Å²) in [6.45, 7) is -0.0531. The highest BCUT2D eigenvalue weighted by Crippen LogP contribution is 2.49. The maximum atomic E-state index is 5.72. The van der Waals surface area contributed by atoms with Crippen LogP contribution in [0.15, 0.2) is 322 Å². The maximum absolute atomic E-state index is 5.72. The second-order valence-electron chi connectivity index (χ2n) is 24.3. The van der Waals surface area contributed by atoms with E-state index in [1.165, 1.54) is 53.0 Å². The highest BCUT2D eigenvalue weighted by atomic mass is 32.1. The molecule has 8 nitrogen and oxygen atoms in total. The first kappa shape index (κ1) is 54.4. The van der Waals surface area contributed by atoms with E-state index in [2.05, 4.69) is 293 Å². The van der Waals surface area contributed by atoms with Crippen molar-refractivity contribution < 1.29 is 0 Å². The van der Waals surface area contributed by atoms with E-state index in [4.69, 9.17) is 24.9 Å². The molecule has 0 atom stereocenters. The predicted octanol–water partition coefficient (Wildman–Crippen LogP) is 19.9. The molecule has 0 bridgehead atoms. The minimum absolute atomic E-state index is 0.0531. The molecule has 0 N–H and O–H groups in total. The first-order valence-corrected chi connectivity index (χ1v) is 32.9. The van der Waals surface area contributed by atoms with Crippen molar-refractivity contribution in [1.29, 1.82) is 0 Å². The molecule has 0 saturated carbocycles. The molecular weight excluding hydrogens is 1180 g/mol. The summed E-state index contributed by atoms with van der Waals surface area (Å²) in [7, 11) is 0. The smallest absolute Gasteiger partial charge is 0.252 e. The van der Waals surface area contributed by atoms with Crippen LogP contribution in [0.4, 0.5) is 34.1 Å². The van der Waals surface area contributed by atoms with Crippen LogP contribution >= 0.6 is 11.3 Å². The summed E-state index contributed by atoms with van der Waals surface area (Å²) in [6.07, 6.45) is 0. The molecule has 13 aromatic carbocycles. The van der Waals surface area contributed by atoms with Crippen molar-refractivity contribution in [3.8, 4) is 84.9 Å². The van der Waals surface area contributed by atoms with Crippen LogP contribution in [0.2, 0.25) is 0 Å². The number of aromatic nitrogens is 6. The molecule has 2 aliphatic rings. The number of benzene rings is 13. The maximum Gasteiger partial charge on any atom is 0.252 e. The highest BCUT2D eigenvalue weighted by molar-refractivity contribution is 7.26. The fourth-order valence-electron chi connectivity index (χ4n) is 14.7. The van der Waals surface area contributed by atoms with Crippen LogP contribution in [-0.4, -0.2) is 36.2 Å². The van der Waals surface area contributed by atoms with Crippen molar-refractivity contribution in [3.05, 3.63) is 322 Å². The van der Waals surface area contributed by atoms with Crippen LogP contribution in [0.5, 0.6) is 0 Å². The Bertz CT molecular complexity index is 5810. The van der Waals surface area contributed by atoms with E-state index in [9.17, 15) is 0 Å². The third kappa shape index (κ3) is 8.94. The first-order valence-electron chi connectivity index (χ1n) is 32.1. The molecule has 2 aliphatic heterocycles. The average molecular weight is 1230 g/mol. The molecule has 0 fully saturated rings. The van der Waals surface area contributed by atoms with E-state index in [0.29, 0.717) is 23.3 Å². The summed E-state index contributed by atoms with van der Waals surface area (Å²) < 4.78 is 4.93. The lowest BCUT2D eigenvalue weighted by molar-refractivity contribution is 1.06. The zero-order valence-electron chi connectivity index (χ0n) is 51.2. The number of hydrogen-bond donors (Lipinski definition) is 0. The Labute approximate surface area is 552 Å². The normalized spacial score (nSPS) is 12.4. The lowest BCUT2D eigenvalue weighted by Gasteiger charge is -2.45. The zero-order chi connectivity index (χ0) is 62.5. The van der Waals surface area contributed by atoms with Gasteiger partial charge in [-0.1, -0.05) is 237 Å². The van der Waals surface area contributed by atoms with Crippen molar-refractivity contribution in [3.63, 3.8) is 0 Å². The van der Waals surface area contributed by atoms with E-state index < -0.39 is 0 Å². The topological polar surface area (TPSA) is 75.9 Å². The lowest BCUT2D eigenvalue weighted by Crippen LogP contribution is -2.61. The summed E-state index contributed by atoms with van der Waals surface area (Å²) in [5.41, 5.74) is 22.6.